The predicted octanol–water partition coefficient (Wildman–Crippen LogP) is 5.20. The lowest BCUT2D eigenvalue weighted by Gasteiger charge is -2.47. The molecule has 2 aromatic carbocycles. The van der Waals surface area contributed by atoms with Crippen LogP contribution in [0, 0.1) is 0 Å². The van der Waals surface area contributed by atoms with E-state index in [-0.39, 0.29) is 43.3 Å². The molecule has 3 heterocycles. The van der Waals surface area contributed by atoms with E-state index in [0.717, 1.165) is 0 Å². The maximum absolute atomic E-state index is 15.6. The maximum Gasteiger partial charge on any atom is 0.410 e. The molecule has 0 aromatic heterocycles. The van der Waals surface area contributed by atoms with Gasteiger partial charge in [-0.15, -0.1) is 0 Å². The van der Waals surface area contributed by atoms with E-state index < -0.39 is 29.0 Å². The Balaban J connectivity index is 1.30. The summed E-state index contributed by atoms with van der Waals surface area (Å²) in [7, 11) is 0. The van der Waals surface area contributed by atoms with Crippen molar-refractivity contribution in [3.05, 3.63) is 48.0 Å². The minimum absolute atomic E-state index is 0.0143. The highest BCUT2D eigenvalue weighted by Gasteiger charge is 2.65. The van der Waals surface area contributed by atoms with Crippen LogP contribution in [0.2, 0.25) is 0 Å². The van der Waals surface area contributed by atoms with Crippen LogP contribution < -0.4 is 10.1 Å². The average Bonchev–Trinajstić information content (AvgIpc) is 2.92. The number of rotatable bonds is 2. The third-order valence-corrected chi connectivity index (χ3v) is 7.38. The first-order valence-electron chi connectivity index (χ1n) is 13.4. The van der Waals surface area contributed by atoms with Gasteiger partial charge in [0.05, 0.1) is 18.8 Å². The summed E-state index contributed by atoms with van der Waals surface area (Å²) in [5.41, 5.74) is -1.09. The molecule has 5 rings (SSSR count). The number of morpholine rings is 1. The summed E-state index contributed by atoms with van der Waals surface area (Å²) in [6, 6.07) is 11.4. The van der Waals surface area contributed by atoms with E-state index in [2.05, 4.69) is 5.32 Å². The second-order valence-corrected chi connectivity index (χ2v) is 11.3. The molecule has 9 nitrogen and oxygen atoms in total. The van der Waals surface area contributed by atoms with Crippen LogP contribution in [0.25, 0.3) is 11.1 Å². The summed E-state index contributed by atoms with van der Waals surface area (Å²) in [6.45, 7) is 7.20. The fraction of sp³-hybridized carbons (Fsp3) is 0.483. The van der Waals surface area contributed by atoms with Gasteiger partial charge in [-0.3, -0.25) is 4.79 Å². The zero-order chi connectivity index (χ0) is 28.7. The zero-order valence-corrected chi connectivity index (χ0v) is 22.8. The van der Waals surface area contributed by atoms with Gasteiger partial charge in [0, 0.05) is 44.7 Å². The number of likely N-dealkylation sites (tertiary alicyclic amines) is 1. The number of alkyl halides is 2. The van der Waals surface area contributed by atoms with E-state index in [1.54, 1.807) is 56.0 Å². The van der Waals surface area contributed by atoms with Gasteiger partial charge in [-0.05, 0) is 56.2 Å². The van der Waals surface area contributed by atoms with Crippen molar-refractivity contribution in [3.8, 4) is 16.9 Å². The number of nitrogens with zero attached hydrogens (tertiary/aromatic N) is 2. The molecule has 0 unspecified atom stereocenters. The van der Waals surface area contributed by atoms with Crippen molar-refractivity contribution in [1.82, 2.24) is 9.80 Å². The van der Waals surface area contributed by atoms with Crippen LogP contribution in [-0.2, 0) is 9.47 Å². The fourth-order valence-corrected chi connectivity index (χ4v) is 5.13. The van der Waals surface area contributed by atoms with Crippen molar-refractivity contribution in [2.24, 2.45) is 0 Å². The summed E-state index contributed by atoms with van der Waals surface area (Å²) in [5, 5.41) is 2.84. The monoisotopic (exact) mass is 557 g/mol. The maximum atomic E-state index is 15.6. The number of fused-ring (bicyclic) bond motifs is 1. The van der Waals surface area contributed by atoms with Crippen molar-refractivity contribution >= 4 is 23.6 Å². The average molecular weight is 558 g/mol. The van der Waals surface area contributed by atoms with Crippen molar-refractivity contribution in [3.63, 3.8) is 0 Å². The van der Waals surface area contributed by atoms with Crippen LogP contribution in [0.1, 0.15) is 44.0 Å². The molecular formula is C29H33F2N3O6. The Kier molecular flexibility index (Phi) is 7.20. The van der Waals surface area contributed by atoms with Crippen LogP contribution in [0.15, 0.2) is 42.5 Å². The van der Waals surface area contributed by atoms with Crippen molar-refractivity contribution in [2.45, 2.75) is 50.7 Å². The molecule has 3 aliphatic rings. The molecule has 0 atom stereocenters. The Morgan fingerprint density at radius 2 is 1.55 bits per heavy atom. The third-order valence-electron chi connectivity index (χ3n) is 7.38. The van der Waals surface area contributed by atoms with Gasteiger partial charge in [0.15, 0.2) is 5.60 Å². The van der Waals surface area contributed by atoms with Gasteiger partial charge in [-0.1, -0.05) is 18.2 Å². The Bertz CT molecular complexity index is 1290. The first-order chi connectivity index (χ1) is 18.9. The van der Waals surface area contributed by atoms with Gasteiger partial charge < -0.3 is 29.3 Å². The molecule has 1 N–H and O–H groups in total. The number of ketones is 1. The highest BCUT2D eigenvalue weighted by Crippen LogP contribution is 2.49. The zero-order valence-electron chi connectivity index (χ0n) is 22.8. The van der Waals surface area contributed by atoms with E-state index >= 15 is 8.78 Å². The number of halogens is 2. The molecule has 214 valence electrons. The Hall–Kier alpha value is -3.73. The lowest BCUT2D eigenvalue weighted by Crippen LogP contribution is -2.64. The number of amides is 3. The van der Waals surface area contributed by atoms with Crippen LogP contribution in [0.4, 0.5) is 24.1 Å². The highest BCUT2D eigenvalue weighted by molar-refractivity contribution is 6.06. The molecule has 0 radical (unpaired) electrons. The first kappa shape index (κ1) is 27.8. The minimum Gasteiger partial charge on any atom is -0.480 e. The van der Waals surface area contributed by atoms with Crippen molar-refractivity contribution in [2.75, 3.05) is 44.7 Å². The van der Waals surface area contributed by atoms with Gasteiger partial charge in [-0.25, -0.2) is 9.59 Å². The lowest BCUT2D eigenvalue weighted by molar-refractivity contribution is -0.162. The Morgan fingerprint density at radius 1 is 0.925 bits per heavy atom. The predicted molar refractivity (Wildman–Crippen MR) is 143 cm³/mol. The van der Waals surface area contributed by atoms with Crippen LogP contribution in [-0.4, -0.2) is 84.2 Å². The number of urea groups is 1. The molecule has 0 aliphatic carbocycles. The molecule has 2 saturated heterocycles. The van der Waals surface area contributed by atoms with E-state index in [0.29, 0.717) is 43.1 Å². The lowest BCUT2D eigenvalue weighted by atomic mass is 9.78. The quantitative estimate of drug-likeness (QED) is 0.546. The summed E-state index contributed by atoms with van der Waals surface area (Å²) in [4.78, 5) is 41.0. The van der Waals surface area contributed by atoms with Gasteiger partial charge in [0.1, 0.15) is 11.4 Å². The van der Waals surface area contributed by atoms with Crippen LogP contribution in [0.3, 0.4) is 0 Å². The smallest absolute Gasteiger partial charge is 0.410 e. The van der Waals surface area contributed by atoms with Crippen molar-refractivity contribution < 1.29 is 37.4 Å². The van der Waals surface area contributed by atoms with E-state index in [1.807, 2.05) is 0 Å². The fourth-order valence-electron chi connectivity index (χ4n) is 5.13. The molecular weight excluding hydrogens is 524 g/mol. The number of carbonyl (C=O) groups is 3. The molecule has 11 heteroatoms. The summed E-state index contributed by atoms with van der Waals surface area (Å²) in [5.74, 6) is -4.97. The first-order valence-corrected chi connectivity index (χ1v) is 13.4. The number of carbonyl (C=O) groups excluding carboxylic acids is 3. The summed E-state index contributed by atoms with van der Waals surface area (Å²) < 4.78 is 47.7. The van der Waals surface area contributed by atoms with Gasteiger partial charge in [0.25, 0.3) is 0 Å². The van der Waals surface area contributed by atoms with Gasteiger partial charge in [-0.2, -0.15) is 8.78 Å². The molecule has 0 bridgehead atoms. The van der Waals surface area contributed by atoms with Crippen LogP contribution >= 0.6 is 0 Å². The van der Waals surface area contributed by atoms with Gasteiger partial charge in [0.2, 0.25) is 5.78 Å². The number of Topliss-reactive ketones (excluding diaryl/α,β-unsaturated/α-hetero) is 1. The minimum atomic E-state index is -3.77. The van der Waals surface area contributed by atoms with E-state index in [1.165, 1.54) is 17.0 Å². The molecule has 2 fully saturated rings. The molecule has 1 spiro atoms. The highest BCUT2D eigenvalue weighted by atomic mass is 19.3. The summed E-state index contributed by atoms with van der Waals surface area (Å²) >= 11 is 0. The second kappa shape index (κ2) is 10.3. The molecule has 2 aromatic rings. The Morgan fingerprint density at radius 3 is 2.17 bits per heavy atom. The van der Waals surface area contributed by atoms with Crippen molar-refractivity contribution in [1.29, 1.82) is 0 Å². The molecule has 3 amide bonds. The molecule has 40 heavy (non-hydrogen) atoms. The molecule has 0 saturated carbocycles. The SMILES string of the molecule is CC(C)(C)OC(=O)N1CCC2(CC1)Oc1ccc(-c3ccc(NC(=O)N4CCOCC4)cc3)cc1C(=O)C2(F)F. The standard InChI is InChI=1S/C29H33F2N3O6/c1-27(2,3)40-26(37)34-12-10-28(11-13-34)29(30,31)24(35)22-18-20(6-9-23(22)39-28)19-4-7-21(8-5-19)32-25(36)33-14-16-38-17-15-33/h4-9,18H,10-17H2,1-3H3,(H,32,36). The number of anilines is 1. The van der Waals surface area contributed by atoms with E-state index in [4.69, 9.17) is 14.2 Å². The van der Waals surface area contributed by atoms with Crippen LogP contribution in [0.5, 0.6) is 5.75 Å². The normalized spacial score (nSPS) is 20.0. The summed E-state index contributed by atoms with van der Waals surface area (Å²) in [6.07, 6.45) is -0.988. The second-order valence-electron chi connectivity index (χ2n) is 11.3. The Labute approximate surface area is 231 Å². The number of hydrogen-bond donors (Lipinski definition) is 1. The number of hydrogen-bond acceptors (Lipinski definition) is 6. The number of piperidine rings is 1. The third kappa shape index (κ3) is 5.34. The van der Waals surface area contributed by atoms with E-state index in [9.17, 15) is 14.4 Å². The largest absolute Gasteiger partial charge is 0.480 e. The number of nitrogens with one attached hydrogen (secondary N) is 1. The van der Waals surface area contributed by atoms with Gasteiger partial charge >= 0.3 is 18.0 Å². The molecule has 3 aliphatic heterocycles. The number of ether oxygens (including phenoxy) is 3. The number of benzene rings is 2. The topological polar surface area (TPSA) is 97.4 Å².